The quantitative estimate of drug-likeness (QED) is 0.882. The van der Waals surface area contributed by atoms with Gasteiger partial charge in [-0.25, -0.2) is 0 Å². The first-order valence-corrected chi connectivity index (χ1v) is 5.65. The van der Waals surface area contributed by atoms with Gasteiger partial charge in [0.05, 0.1) is 6.61 Å². The fourth-order valence-electron chi connectivity index (χ4n) is 1.79. The summed E-state index contributed by atoms with van der Waals surface area (Å²) >= 11 is 3.41. The molecule has 1 aliphatic rings. The van der Waals surface area contributed by atoms with Crippen molar-refractivity contribution >= 4 is 15.9 Å². The van der Waals surface area contributed by atoms with Crippen molar-refractivity contribution in [2.24, 2.45) is 11.7 Å². The Morgan fingerprint density at radius 3 is 2.64 bits per heavy atom. The Morgan fingerprint density at radius 2 is 2.07 bits per heavy atom. The summed E-state index contributed by atoms with van der Waals surface area (Å²) in [4.78, 5) is 0. The zero-order valence-electron chi connectivity index (χ0n) is 7.95. The smallest absolute Gasteiger partial charge is 0.0513 e. The van der Waals surface area contributed by atoms with Crippen LogP contribution in [0.1, 0.15) is 18.0 Å². The minimum Gasteiger partial charge on any atom is -0.381 e. The number of rotatable bonds is 2. The lowest BCUT2D eigenvalue weighted by Gasteiger charge is -2.17. The Kier molecular flexibility index (Phi) is 3.21. The van der Waals surface area contributed by atoms with E-state index in [1.165, 1.54) is 5.56 Å². The molecule has 0 amide bonds. The van der Waals surface area contributed by atoms with Crippen LogP contribution in [0, 0.1) is 5.92 Å². The minimum atomic E-state index is 0.116. The third-order valence-electron chi connectivity index (χ3n) is 2.73. The summed E-state index contributed by atoms with van der Waals surface area (Å²) in [6.45, 7) is 1.66. The molecule has 1 aromatic rings. The van der Waals surface area contributed by atoms with Crippen molar-refractivity contribution in [3.63, 3.8) is 0 Å². The van der Waals surface area contributed by atoms with E-state index in [0.29, 0.717) is 5.92 Å². The van der Waals surface area contributed by atoms with Crippen LogP contribution in [0.4, 0.5) is 0 Å². The molecule has 0 saturated carbocycles. The normalized spacial score (nSPS) is 23.7. The summed E-state index contributed by atoms with van der Waals surface area (Å²) in [5.74, 6) is 0.483. The van der Waals surface area contributed by atoms with Gasteiger partial charge in [0.15, 0.2) is 0 Å². The highest BCUT2D eigenvalue weighted by Gasteiger charge is 2.23. The van der Waals surface area contributed by atoms with Crippen LogP contribution in [0.15, 0.2) is 28.7 Å². The lowest BCUT2D eigenvalue weighted by molar-refractivity contribution is 0.181. The summed E-state index contributed by atoms with van der Waals surface area (Å²) in [6.07, 6.45) is 1.08. The average Bonchev–Trinajstić information content (AvgIpc) is 2.71. The van der Waals surface area contributed by atoms with E-state index in [-0.39, 0.29) is 6.04 Å². The van der Waals surface area contributed by atoms with Gasteiger partial charge in [0.25, 0.3) is 0 Å². The maximum absolute atomic E-state index is 6.16. The first kappa shape index (κ1) is 10.1. The van der Waals surface area contributed by atoms with E-state index < -0.39 is 0 Å². The van der Waals surface area contributed by atoms with Gasteiger partial charge in [-0.15, -0.1) is 0 Å². The van der Waals surface area contributed by atoms with Gasteiger partial charge in [-0.2, -0.15) is 0 Å². The van der Waals surface area contributed by atoms with Crippen LogP contribution in [0.5, 0.6) is 0 Å². The van der Waals surface area contributed by atoms with Crippen molar-refractivity contribution in [3.05, 3.63) is 34.3 Å². The molecule has 1 aromatic carbocycles. The monoisotopic (exact) mass is 255 g/mol. The Hall–Kier alpha value is -0.380. The number of ether oxygens (including phenoxy) is 1. The molecule has 0 aliphatic carbocycles. The molecule has 14 heavy (non-hydrogen) atoms. The van der Waals surface area contributed by atoms with E-state index in [9.17, 15) is 0 Å². The number of hydrogen-bond donors (Lipinski definition) is 1. The van der Waals surface area contributed by atoms with Crippen molar-refractivity contribution in [2.45, 2.75) is 12.5 Å². The second kappa shape index (κ2) is 4.43. The lowest BCUT2D eigenvalue weighted by atomic mass is 9.93. The van der Waals surface area contributed by atoms with Gasteiger partial charge in [-0.3, -0.25) is 0 Å². The third-order valence-corrected chi connectivity index (χ3v) is 3.26. The van der Waals surface area contributed by atoms with Crippen molar-refractivity contribution < 1.29 is 4.74 Å². The SMILES string of the molecule is NC(c1ccc(Br)cc1)C1CCOC1. The van der Waals surface area contributed by atoms with Gasteiger partial charge in [0, 0.05) is 23.0 Å². The Morgan fingerprint density at radius 1 is 1.36 bits per heavy atom. The molecule has 1 fully saturated rings. The van der Waals surface area contributed by atoms with Crippen LogP contribution < -0.4 is 5.73 Å². The molecule has 0 radical (unpaired) electrons. The molecule has 2 nitrogen and oxygen atoms in total. The highest BCUT2D eigenvalue weighted by Crippen LogP contribution is 2.27. The molecule has 1 aliphatic heterocycles. The molecule has 2 N–H and O–H groups in total. The molecule has 3 heteroatoms. The molecule has 0 aromatic heterocycles. The van der Waals surface area contributed by atoms with Crippen LogP contribution in [0.2, 0.25) is 0 Å². The Labute approximate surface area is 92.6 Å². The number of nitrogens with two attached hydrogens (primary N) is 1. The third kappa shape index (κ3) is 2.16. The molecular weight excluding hydrogens is 242 g/mol. The molecule has 1 saturated heterocycles. The molecule has 2 unspecified atom stereocenters. The van der Waals surface area contributed by atoms with Crippen LogP contribution >= 0.6 is 15.9 Å². The molecule has 0 spiro atoms. The van der Waals surface area contributed by atoms with E-state index in [4.69, 9.17) is 10.5 Å². The molecular formula is C11H14BrNO. The molecule has 1 heterocycles. The average molecular weight is 256 g/mol. The molecule has 2 atom stereocenters. The van der Waals surface area contributed by atoms with E-state index in [0.717, 1.165) is 24.1 Å². The second-order valence-corrected chi connectivity index (χ2v) is 4.62. The van der Waals surface area contributed by atoms with Gasteiger partial charge < -0.3 is 10.5 Å². The zero-order chi connectivity index (χ0) is 9.97. The molecule has 2 rings (SSSR count). The number of halogens is 1. The van der Waals surface area contributed by atoms with Gasteiger partial charge in [-0.1, -0.05) is 28.1 Å². The summed E-state index contributed by atoms with van der Waals surface area (Å²) in [5, 5.41) is 0. The largest absolute Gasteiger partial charge is 0.381 e. The van der Waals surface area contributed by atoms with Crippen LogP contribution in [0.3, 0.4) is 0 Å². The fraction of sp³-hybridized carbons (Fsp3) is 0.455. The fourth-order valence-corrected chi connectivity index (χ4v) is 2.06. The maximum atomic E-state index is 6.16. The van der Waals surface area contributed by atoms with Crippen LogP contribution in [0.25, 0.3) is 0 Å². The Bertz CT molecular complexity index is 293. The first-order valence-electron chi connectivity index (χ1n) is 4.86. The number of benzene rings is 1. The topological polar surface area (TPSA) is 35.2 Å². The van der Waals surface area contributed by atoms with Crippen LogP contribution in [-0.4, -0.2) is 13.2 Å². The Balaban J connectivity index is 2.09. The zero-order valence-corrected chi connectivity index (χ0v) is 9.53. The van der Waals surface area contributed by atoms with E-state index >= 15 is 0 Å². The van der Waals surface area contributed by atoms with Gasteiger partial charge in [0.2, 0.25) is 0 Å². The van der Waals surface area contributed by atoms with Crippen molar-refractivity contribution in [1.82, 2.24) is 0 Å². The van der Waals surface area contributed by atoms with E-state index in [1.807, 2.05) is 12.1 Å². The van der Waals surface area contributed by atoms with Crippen molar-refractivity contribution in [2.75, 3.05) is 13.2 Å². The van der Waals surface area contributed by atoms with E-state index in [1.54, 1.807) is 0 Å². The summed E-state index contributed by atoms with van der Waals surface area (Å²) < 4.78 is 6.43. The van der Waals surface area contributed by atoms with Crippen molar-refractivity contribution in [1.29, 1.82) is 0 Å². The first-order chi connectivity index (χ1) is 6.77. The summed E-state index contributed by atoms with van der Waals surface area (Å²) in [6, 6.07) is 8.33. The highest BCUT2D eigenvalue weighted by molar-refractivity contribution is 9.10. The lowest BCUT2D eigenvalue weighted by Crippen LogP contribution is -2.21. The number of hydrogen-bond acceptors (Lipinski definition) is 2. The standard InChI is InChI=1S/C11H14BrNO/c12-10-3-1-8(2-4-10)11(13)9-5-6-14-7-9/h1-4,9,11H,5-7,13H2. The van der Waals surface area contributed by atoms with Gasteiger partial charge in [-0.05, 0) is 24.1 Å². The summed E-state index contributed by atoms with van der Waals surface area (Å²) in [7, 11) is 0. The van der Waals surface area contributed by atoms with Gasteiger partial charge in [0.1, 0.15) is 0 Å². The molecule has 0 bridgehead atoms. The molecule has 76 valence electrons. The minimum absolute atomic E-state index is 0.116. The van der Waals surface area contributed by atoms with Crippen LogP contribution in [-0.2, 0) is 4.74 Å². The highest BCUT2D eigenvalue weighted by atomic mass is 79.9. The summed E-state index contributed by atoms with van der Waals surface area (Å²) in [5.41, 5.74) is 7.35. The second-order valence-electron chi connectivity index (χ2n) is 3.70. The van der Waals surface area contributed by atoms with E-state index in [2.05, 4.69) is 28.1 Å². The predicted molar refractivity (Wildman–Crippen MR) is 60.0 cm³/mol. The van der Waals surface area contributed by atoms with Gasteiger partial charge >= 0.3 is 0 Å². The predicted octanol–water partition coefficient (Wildman–Crippen LogP) is 2.49. The van der Waals surface area contributed by atoms with Crippen molar-refractivity contribution in [3.8, 4) is 0 Å². The maximum Gasteiger partial charge on any atom is 0.0513 e.